The molecule has 4 rings (SSSR count). The van der Waals surface area contributed by atoms with Crippen LogP contribution in [0.15, 0.2) is 12.7 Å². The van der Waals surface area contributed by atoms with E-state index in [9.17, 15) is 14.7 Å². The van der Waals surface area contributed by atoms with Gasteiger partial charge in [0.1, 0.15) is 18.1 Å². The summed E-state index contributed by atoms with van der Waals surface area (Å²) in [6.45, 7) is 3.74. The second-order valence-electron chi connectivity index (χ2n) is 7.79. The van der Waals surface area contributed by atoms with E-state index in [2.05, 4.69) is 15.1 Å². The summed E-state index contributed by atoms with van der Waals surface area (Å²) in [5.41, 5.74) is -0.804. The van der Waals surface area contributed by atoms with Crippen molar-refractivity contribution in [3.05, 3.63) is 12.7 Å². The van der Waals surface area contributed by atoms with E-state index in [4.69, 9.17) is 0 Å². The molecular formula is C17H25N5O3. The molecule has 8 heteroatoms. The number of amides is 1. The van der Waals surface area contributed by atoms with E-state index in [0.29, 0.717) is 19.6 Å². The lowest BCUT2D eigenvalue weighted by atomic mass is 9.81. The summed E-state index contributed by atoms with van der Waals surface area (Å²) in [5.74, 6) is -0.430. The predicted molar refractivity (Wildman–Crippen MR) is 88.6 cm³/mol. The van der Waals surface area contributed by atoms with Crippen molar-refractivity contribution >= 4 is 11.9 Å². The van der Waals surface area contributed by atoms with Crippen molar-refractivity contribution in [3.8, 4) is 0 Å². The van der Waals surface area contributed by atoms with Crippen LogP contribution < -0.4 is 0 Å². The summed E-state index contributed by atoms with van der Waals surface area (Å²) in [5, 5.41) is 17.5. The number of carboxylic acids is 1. The summed E-state index contributed by atoms with van der Waals surface area (Å²) >= 11 is 0. The lowest BCUT2D eigenvalue weighted by Gasteiger charge is -2.26. The Morgan fingerprint density at radius 2 is 1.80 bits per heavy atom. The molecule has 1 aliphatic carbocycles. The third-order valence-corrected chi connectivity index (χ3v) is 6.26. The first-order chi connectivity index (χ1) is 12.1. The highest BCUT2D eigenvalue weighted by molar-refractivity contribution is 5.83. The molecule has 0 spiro atoms. The van der Waals surface area contributed by atoms with Crippen LogP contribution in [0.1, 0.15) is 25.7 Å². The van der Waals surface area contributed by atoms with Crippen molar-refractivity contribution in [2.45, 2.75) is 32.2 Å². The van der Waals surface area contributed by atoms with E-state index in [-0.39, 0.29) is 17.7 Å². The van der Waals surface area contributed by atoms with Gasteiger partial charge >= 0.3 is 5.97 Å². The van der Waals surface area contributed by atoms with E-state index < -0.39 is 11.4 Å². The Morgan fingerprint density at radius 1 is 1.08 bits per heavy atom. The van der Waals surface area contributed by atoms with Crippen LogP contribution in [0.5, 0.6) is 0 Å². The Hall–Kier alpha value is -1.96. The normalized spacial score (nSPS) is 30.1. The molecular weight excluding hydrogens is 322 g/mol. The van der Waals surface area contributed by atoms with Crippen LogP contribution in [0.4, 0.5) is 0 Å². The first kappa shape index (κ1) is 16.5. The van der Waals surface area contributed by atoms with Crippen molar-refractivity contribution in [2.75, 3.05) is 32.7 Å². The number of fused-ring (bicyclic) bond motifs is 1. The van der Waals surface area contributed by atoms with Gasteiger partial charge in [0.15, 0.2) is 0 Å². The minimum atomic E-state index is -0.804. The van der Waals surface area contributed by atoms with Crippen molar-refractivity contribution in [1.29, 1.82) is 0 Å². The van der Waals surface area contributed by atoms with Crippen LogP contribution in [0.25, 0.3) is 0 Å². The molecule has 1 saturated carbocycles. The van der Waals surface area contributed by atoms with Gasteiger partial charge in [0.2, 0.25) is 5.91 Å². The minimum Gasteiger partial charge on any atom is -0.481 e. The van der Waals surface area contributed by atoms with E-state index in [1.54, 1.807) is 12.7 Å². The lowest BCUT2D eigenvalue weighted by molar-refractivity contribution is -0.149. The molecule has 1 amide bonds. The van der Waals surface area contributed by atoms with Crippen LogP contribution in [-0.2, 0) is 16.1 Å². The zero-order valence-electron chi connectivity index (χ0n) is 14.4. The fraction of sp³-hybridized carbons (Fsp3) is 0.765. The molecule has 25 heavy (non-hydrogen) atoms. The number of carboxylic acid groups (broad SMARTS) is 1. The lowest BCUT2D eigenvalue weighted by Crippen LogP contribution is -2.43. The topological polar surface area (TPSA) is 91.6 Å². The number of aliphatic carboxylic acids is 1. The van der Waals surface area contributed by atoms with E-state index in [1.807, 2.05) is 9.47 Å². The van der Waals surface area contributed by atoms with Gasteiger partial charge in [-0.15, -0.1) is 10.2 Å². The Morgan fingerprint density at radius 3 is 2.44 bits per heavy atom. The molecule has 2 aliphatic heterocycles. The number of likely N-dealkylation sites (tertiary alicyclic amines) is 2. The average Bonchev–Trinajstić information content (AvgIpc) is 3.34. The molecule has 3 heterocycles. The van der Waals surface area contributed by atoms with E-state index in [1.165, 1.54) is 0 Å². The number of rotatable bonds is 5. The van der Waals surface area contributed by atoms with Crippen LogP contribution in [-0.4, -0.2) is 74.3 Å². The molecule has 1 aromatic heterocycles. The van der Waals surface area contributed by atoms with Crippen molar-refractivity contribution in [3.63, 3.8) is 0 Å². The van der Waals surface area contributed by atoms with Crippen LogP contribution in [0.2, 0.25) is 0 Å². The Labute approximate surface area is 146 Å². The smallest absolute Gasteiger partial charge is 0.313 e. The fourth-order valence-corrected chi connectivity index (χ4v) is 4.84. The third kappa shape index (κ3) is 2.92. The second-order valence-corrected chi connectivity index (χ2v) is 7.79. The molecule has 1 N–H and O–H groups in total. The molecule has 2 atom stereocenters. The molecule has 3 fully saturated rings. The highest BCUT2D eigenvalue weighted by Gasteiger charge is 2.58. The molecule has 2 saturated heterocycles. The maximum absolute atomic E-state index is 12.7. The average molecular weight is 347 g/mol. The molecule has 3 aliphatic rings. The van der Waals surface area contributed by atoms with Gasteiger partial charge in [0, 0.05) is 51.1 Å². The SMILES string of the molecule is O=C(C1CCCC1)N1CC2CN(CCn3cnnc3)CC2(C(=O)O)C1. The Bertz CT molecular complexity index is 643. The number of aromatic nitrogens is 3. The van der Waals surface area contributed by atoms with Gasteiger partial charge in [0.25, 0.3) is 0 Å². The van der Waals surface area contributed by atoms with Gasteiger partial charge in [-0.2, -0.15) is 0 Å². The largest absolute Gasteiger partial charge is 0.481 e. The Kier molecular flexibility index (Phi) is 4.23. The Balaban J connectivity index is 1.41. The van der Waals surface area contributed by atoms with Gasteiger partial charge in [-0.1, -0.05) is 12.8 Å². The summed E-state index contributed by atoms with van der Waals surface area (Å²) < 4.78 is 1.90. The minimum absolute atomic E-state index is 0.0243. The van der Waals surface area contributed by atoms with Crippen LogP contribution in [0.3, 0.4) is 0 Å². The van der Waals surface area contributed by atoms with Gasteiger partial charge in [-0.25, -0.2) is 0 Å². The molecule has 0 radical (unpaired) electrons. The summed E-state index contributed by atoms with van der Waals surface area (Å²) in [4.78, 5) is 28.8. The maximum Gasteiger partial charge on any atom is 0.313 e. The molecule has 1 aromatic rings. The van der Waals surface area contributed by atoms with Crippen molar-refractivity contribution in [1.82, 2.24) is 24.6 Å². The zero-order valence-corrected chi connectivity index (χ0v) is 14.4. The maximum atomic E-state index is 12.7. The molecule has 2 unspecified atom stereocenters. The first-order valence-corrected chi connectivity index (χ1v) is 9.15. The fourth-order valence-electron chi connectivity index (χ4n) is 4.84. The molecule has 136 valence electrons. The summed E-state index contributed by atoms with van der Waals surface area (Å²) in [7, 11) is 0. The van der Waals surface area contributed by atoms with E-state index >= 15 is 0 Å². The highest BCUT2D eigenvalue weighted by atomic mass is 16.4. The summed E-state index contributed by atoms with van der Waals surface area (Å²) in [6, 6.07) is 0. The van der Waals surface area contributed by atoms with Gasteiger partial charge in [-0.05, 0) is 12.8 Å². The number of carbonyl (C=O) groups is 2. The van der Waals surface area contributed by atoms with Gasteiger partial charge in [0.05, 0.1) is 0 Å². The quantitative estimate of drug-likeness (QED) is 0.824. The monoisotopic (exact) mass is 347 g/mol. The third-order valence-electron chi connectivity index (χ3n) is 6.26. The number of carbonyl (C=O) groups excluding carboxylic acids is 1. The van der Waals surface area contributed by atoms with Crippen LogP contribution in [0, 0.1) is 17.3 Å². The molecule has 0 aromatic carbocycles. The van der Waals surface area contributed by atoms with Gasteiger partial charge < -0.3 is 14.6 Å². The first-order valence-electron chi connectivity index (χ1n) is 9.15. The van der Waals surface area contributed by atoms with Crippen molar-refractivity contribution in [2.24, 2.45) is 17.3 Å². The molecule has 0 bridgehead atoms. The van der Waals surface area contributed by atoms with Crippen LogP contribution >= 0.6 is 0 Å². The number of hydrogen-bond donors (Lipinski definition) is 1. The second kappa shape index (κ2) is 6.40. The summed E-state index contributed by atoms with van der Waals surface area (Å²) in [6.07, 6.45) is 7.51. The standard InChI is InChI=1S/C17H25N5O3/c23-15(13-3-1-2-4-13)22-8-14-7-20(5-6-21-11-18-19-12-21)9-17(14,10-22)16(24)25/h11-14H,1-10H2,(H,24,25). The number of nitrogens with zero attached hydrogens (tertiary/aromatic N) is 5. The van der Waals surface area contributed by atoms with E-state index in [0.717, 1.165) is 45.3 Å². The number of hydrogen-bond acceptors (Lipinski definition) is 5. The van der Waals surface area contributed by atoms with Gasteiger partial charge in [-0.3, -0.25) is 14.5 Å². The zero-order chi connectivity index (χ0) is 17.4. The van der Waals surface area contributed by atoms with Crippen molar-refractivity contribution < 1.29 is 14.7 Å². The predicted octanol–water partition coefficient (Wildman–Crippen LogP) is 0.313. The highest BCUT2D eigenvalue weighted by Crippen LogP contribution is 2.43. The molecule has 8 nitrogen and oxygen atoms in total.